The molecule has 1 atom stereocenters. The minimum atomic E-state index is -0.864. The number of esters is 1. The highest BCUT2D eigenvalue weighted by atomic mass is 16.6. The van der Waals surface area contributed by atoms with E-state index in [1.54, 1.807) is 19.1 Å². The molecule has 1 unspecified atom stereocenters. The molecule has 0 saturated carbocycles. The van der Waals surface area contributed by atoms with Crippen LogP contribution < -0.4 is 21.1 Å². The number of rotatable bonds is 18. The van der Waals surface area contributed by atoms with Gasteiger partial charge in [-0.1, -0.05) is 114 Å². The molecule has 4 aromatic carbocycles. The zero-order valence-electron chi connectivity index (χ0n) is 40.7. The number of carbonyl (C=O) groups excluding carboxylic acids is 1. The zero-order valence-corrected chi connectivity index (χ0v) is 40.7. The molecule has 0 bridgehead atoms. The quantitative estimate of drug-likeness (QED) is 0.0624. The topological polar surface area (TPSA) is 222 Å². The van der Waals surface area contributed by atoms with E-state index in [9.17, 15) is 14.4 Å². The molecular formula is C55H50N8O10. The number of para-hydroxylation sites is 2. The number of ether oxygens (including phenoxy) is 3. The van der Waals surface area contributed by atoms with E-state index < -0.39 is 17.5 Å². The van der Waals surface area contributed by atoms with Gasteiger partial charge in [0.25, 0.3) is 17.9 Å². The number of hydrogen-bond donors (Lipinski definition) is 1. The van der Waals surface area contributed by atoms with Gasteiger partial charge in [0, 0.05) is 23.6 Å². The summed E-state index contributed by atoms with van der Waals surface area (Å²) in [6.07, 6.45) is 11.8. The Morgan fingerprint density at radius 1 is 0.795 bits per heavy atom. The maximum atomic E-state index is 13.5. The fourth-order valence-electron chi connectivity index (χ4n) is 9.08. The van der Waals surface area contributed by atoms with Crippen LogP contribution in [0, 0.1) is 6.92 Å². The molecule has 1 N–H and O–H groups in total. The van der Waals surface area contributed by atoms with Crippen molar-refractivity contribution >= 4 is 39.2 Å². The Morgan fingerprint density at radius 2 is 1.52 bits per heavy atom. The van der Waals surface area contributed by atoms with Crippen LogP contribution in [-0.2, 0) is 24.4 Å². The average molecular weight is 983 g/mol. The summed E-state index contributed by atoms with van der Waals surface area (Å²) in [7, 11) is 0. The van der Waals surface area contributed by atoms with Crippen LogP contribution in [0.15, 0.2) is 148 Å². The van der Waals surface area contributed by atoms with Crippen LogP contribution >= 0.6 is 0 Å². The van der Waals surface area contributed by atoms with Crippen LogP contribution in [0.4, 0.5) is 0 Å². The van der Waals surface area contributed by atoms with Crippen molar-refractivity contribution in [3.63, 3.8) is 0 Å². The number of nitrogens with zero attached hydrogens (tertiary/aromatic N) is 7. The van der Waals surface area contributed by atoms with Gasteiger partial charge in [0.1, 0.15) is 0 Å². The number of nitrogens with one attached hydrogen (secondary N) is 1. The molecule has 0 amide bonds. The zero-order chi connectivity index (χ0) is 50.6. The first-order chi connectivity index (χ1) is 35.6. The predicted octanol–water partition coefficient (Wildman–Crippen LogP) is 10.4. The van der Waals surface area contributed by atoms with Crippen LogP contribution in [0.25, 0.3) is 56.1 Å². The highest BCUT2D eigenvalue weighted by Crippen LogP contribution is 2.39. The Balaban J connectivity index is 0.906. The van der Waals surface area contributed by atoms with Gasteiger partial charge in [-0.15, -0.1) is 0 Å². The number of aromatic amines is 1. The van der Waals surface area contributed by atoms with Gasteiger partial charge in [-0.2, -0.15) is 15.0 Å². The van der Waals surface area contributed by atoms with E-state index in [2.05, 4.69) is 59.5 Å². The fourth-order valence-corrected chi connectivity index (χ4v) is 9.08. The van der Waals surface area contributed by atoms with Crippen molar-refractivity contribution in [3.8, 4) is 34.9 Å². The van der Waals surface area contributed by atoms with Crippen LogP contribution in [0.2, 0.25) is 0 Å². The number of benzene rings is 4. The van der Waals surface area contributed by atoms with Gasteiger partial charge in [0.05, 0.1) is 53.0 Å². The molecule has 5 aromatic heterocycles. The third-order valence-electron chi connectivity index (χ3n) is 12.5. The maximum Gasteiger partial charge on any atom is 0.519 e. The van der Waals surface area contributed by atoms with Crippen molar-refractivity contribution in [2.24, 2.45) is 0 Å². The standard InChI is InChI=1S/C55H50N8O10/c1-6-35(37-15-9-11-17-39(37)49-59-54(65)73-61-49)26-23-32(4)29-62-46-41(19-13-21-43(46)56-52(62)67-7-2)50-58-48(60-72-50)40-18-12-10-16-38(40)36-27-24-34(25-28-36)30-63-47-42(20-14-22-44(47)57-53(63)68-8-3)51(64)69-31-45-33(5)70-55(66)71-45/h9-15,17-28,38H,6-8,16,29-31H2,1-5H3,(H,59,61,65)/b32-23?,35-26+. The molecule has 9 aromatic rings. The minimum absolute atomic E-state index is 0.0767. The lowest BCUT2D eigenvalue weighted by atomic mass is 9.84. The molecule has 5 heterocycles. The Kier molecular flexibility index (Phi) is 13.5. The first-order valence-electron chi connectivity index (χ1n) is 23.9. The number of aromatic nitrogens is 8. The first kappa shape index (κ1) is 47.6. The summed E-state index contributed by atoms with van der Waals surface area (Å²) < 4.78 is 42.4. The van der Waals surface area contributed by atoms with E-state index in [0.717, 1.165) is 56.4 Å². The molecule has 0 aliphatic heterocycles. The van der Waals surface area contributed by atoms with Gasteiger partial charge in [0.15, 0.2) is 29.8 Å². The smallest absolute Gasteiger partial charge is 0.465 e. The molecule has 1 aliphatic carbocycles. The fraction of sp³-hybridized carbons (Fsp3) is 0.236. The van der Waals surface area contributed by atoms with Crippen LogP contribution in [0.5, 0.6) is 12.0 Å². The second-order valence-electron chi connectivity index (χ2n) is 17.2. The van der Waals surface area contributed by atoms with Gasteiger partial charge in [0.2, 0.25) is 0 Å². The Bertz CT molecular complexity index is 3740. The minimum Gasteiger partial charge on any atom is -0.465 e. The molecule has 18 nitrogen and oxygen atoms in total. The molecule has 1 aliphatic rings. The molecule has 0 radical (unpaired) electrons. The monoisotopic (exact) mass is 982 g/mol. The van der Waals surface area contributed by atoms with Gasteiger partial charge >= 0.3 is 17.5 Å². The molecule has 370 valence electrons. The Hall–Kier alpha value is -9.06. The van der Waals surface area contributed by atoms with Crippen molar-refractivity contribution < 1.29 is 36.9 Å². The van der Waals surface area contributed by atoms with Gasteiger partial charge in [-0.3, -0.25) is 18.6 Å². The lowest BCUT2D eigenvalue weighted by Gasteiger charge is -2.20. The lowest BCUT2D eigenvalue weighted by Crippen LogP contribution is -2.11. The summed E-state index contributed by atoms with van der Waals surface area (Å²) in [5.74, 6) is -0.612. The highest BCUT2D eigenvalue weighted by molar-refractivity contribution is 6.02. The number of allylic oxidation sites excluding steroid dienone is 8. The van der Waals surface area contributed by atoms with E-state index in [1.165, 1.54) is 0 Å². The average Bonchev–Trinajstić information content (AvgIpc) is 4.26. The number of H-pyrrole nitrogens is 1. The van der Waals surface area contributed by atoms with Crippen molar-refractivity contribution in [1.29, 1.82) is 0 Å². The number of fused-ring (bicyclic) bond motifs is 2. The summed E-state index contributed by atoms with van der Waals surface area (Å²) in [6, 6.07) is 27.9. The molecule has 0 saturated heterocycles. The second-order valence-corrected chi connectivity index (χ2v) is 17.2. The Labute approximate surface area is 416 Å². The maximum absolute atomic E-state index is 13.5. The third-order valence-corrected chi connectivity index (χ3v) is 12.5. The SMILES string of the molecule is CCOc1nc2cccc(C(=O)OCc3oc(=O)oc3C)c2n1Cc1ccc(C2CC=CC=C2c2noc(-c3cccc4nc(OCC)n(CC(C)=C/C=C(\CC)c5ccccc5-c5noc(=O)[nH]5)c34)n2)cc1. The molecule has 73 heavy (non-hydrogen) atoms. The first-order valence-corrected chi connectivity index (χ1v) is 23.9. The van der Waals surface area contributed by atoms with Gasteiger partial charge in [-0.05, 0) is 87.1 Å². The molecule has 18 heteroatoms. The summed E-state index contributed by atoms with van der Waals surface area (Å²) in [5, 5.41) is 8.48. The van der Waals surface area contributed by atoms with Crippen molar-refractivity contribution in [1.82, 2.24) is 39.4 Å². The molecule has 10 rings (SSSR count). The van der Waals surface area contributed by atoms with E-state index in [4.69, 9.17) is 47.0 Å². The van der Waals surface area contributed by atoms with E-state index in [1.807, 2.05) is 95.8 Å². The molecule has 0 spiro atoms. The normalized spacial score (nSPS) is 14.0. The molecule has 0 fully saturated rings. The summed E-state index contributed by atoms with van der Waals surface area (Å²) in [4.78, 5) is 54.2. The van der Waals surface area contributed by atoms with Crippen molar-refractivity contribution in [2.45, 2.75) is 73.1 Å². The second kappa shape index (κ2) is 20.7. The Morgan fingerprint density at radius 3 is 2.25 bits per heavy atom. The summed E-state index contributed by atoms with van der Waals surface area (Å²) in [6.45, 7) is 10.8. The predicted molar refractivity (Wildman–Crippen MR) is 271 cm³/mol. The number of carbonyl (C=O) groups is 1. The van der Waals surface area contributed by atoms with E-state index in [-0.39, 0.29) is 29.6 Å². The number of imidazole rings is 2. The van der Waals surface area contributed by atoms with Crippen LogP contribution in [-0.4, -0.2) is 58.6 Å². The van der Waals surface area contributed by atoms with Crippen LogP contribution in [0.1, 0.15) is 90.8 Å². The van der Waals surface area contributed by atoms with Crippen LogP contribution in [0.3, 0.4) is 0 Å². The van der Waals surface area contributed by atoms with E-state index >= 15 is 0 Å². The van der Waals surface area contributed by atoms with E-state index in [0.29, 0.717) is 78.9 Å². The number of aryl methyl sites for hydroxylation is 1. The lowest BCUT2D eigenvalue weighted by molar-refractivity contribution is 0.0444. The third kappa shape index (κ3) is 9.74. The molecular weight excluding hydrogens is 933 g/mol. The summed E-state index contributed by atoms with van der Waals surface area (Å²) >= 11 is 0. The number of hydrogen-bond acceptors (Lipinski definition) is 15. The van der Waals surface area contributed by atoms with Gasteiger partial charge in [-0.25, -0.2) is 14.4 Å². The highest BCUT2D eigenvalue weighted by Gasteiger charge is 2.27. The van der Waals surface area contributed by atoms with Gasteiger partial charge < -0.3 is 27.6 Å². The van der Waals surface area contributed by atoms with Crippen molar-refractivity contribution in [2.75, 3.05) is 13.2 Å². The summed E-state index contributed by atoms with van der Waals surface area (Å²) in [5.41, 5.74) is 10.3. The van der Waals surface area contributed by atoms with Crippen molar-refractivity contribution in [3.05, 3.63) is 182 Å². The largest absolute Gasteiger partial charge is 0.519 e.